The quantitative estimate of drug-likeness (QED) is 0.118. The maximum atomic E-state index is 12.9. The van der Waals surface area contributed by atoms with Crippen molar-refractivity contribution in [1.29, 1.82) is 0 Å². The van der Waals surface area contributed by atoms with Crippen LogP contribution in [0.1, 0.15) is 73.7 Å². The fourth-order valence-electron chi connectivity index (χ4n) is 5.24. The standard InChI is InChI=1S/C34H41N3O6S/c1-5-6-8-11-23(2)32(35-26-16-14-25(15-17-26)34(40)37(4)21-20-31(38)39)33-24(3)29-22-27(18-19-30(29)43-33)36-44(41,42)28-12-9-7-10-13-28/h7,9-10,12-19,22-23,32,35-36H,5-6,8,11,20-21H2,1-4H3,(H,38,39). The van der Waals surface area contributed by atoms with Gasteiger partial charge in [0.15, 0.2) is 0 Å². The number of carboxylic acids is 1. The third-order valence-corrected chi connectivity index (χ3v) is 9.25. The van der Waals surface area contributed by atoms with Gasteiger partial charge in [-0.05, 0) is 73.9 Å². The molecule has 1 aromatic heterocycles. The molecule has 4 rings (SSSR count). The minimum atomic E-state index is -3.74. The predicted molar refractivity (Wildman–Crippen MR) is 174 cm³/mol. The maximum absolute atomic E-state index is 12.9. The second kappa shape index (κ2) is 14.4. The predicted octanol–water partition coefficient (Wildman–Crippen LogP) is 7.46. The molecule has 2 atom stereocenters. The number of nitrogens with zero attached hydrogens (tertiary/aromatic N) is 1. The lowest BCUT2D eigenvalue weighted by Crippen LogP contribution is -2.29. The number of hydrogen-bond acceptors (Lipinski definition) is 6. The molecule has 1 amide bonds. The Balaban J connectivity index is 1.60. The summed E-state index contributed by atoms with van der Waals surface area (Å²) in [6, 6.07) is 20.5. The van der Waals surface area contributed by atoms with E-state index in [9.17, 15) is 18.0 Å². The van der Waals surface area contributed by atoms with E-state index in [4.69, 9.17) is 9.52 Å². The molecular formula is C34H41N3O6S. The van der Waals surface area contributed by atoms with Gasteiger partial charge in [0, 0.05) is 41.5 Å². The molecule has 10 heteroatoms. The van der Waals surface area contributed by atoms with Gasteiger partial charge in [-0.25, -0.2) is 8.42 Å². The Kier molecular flexibility index (Phi) is 10.7. The molecule has 3 N–H and O–H groups in total. The number of rotatable bonds is 15. The second-order valence-electron chi connectivity index (χ2n) is 11.3. The van der Waals surface area contributed by atoms with Crippen molar-refractivity contribution < 1.29 is 27.5 Å². The van der Waals surface area contributed by atoms with Crippen LogP contribution in [0, 0.1) is 12.8 Å². The monoisotopic (exact) mass is 619 g/mol. The number of aliphatic carboxylic acids is 1. The minimum Gasteiger partial charge on any atom is -0.481 e. The molecule has 0 aliphatic rings. The second-order valence-corrected chi connectivity index (χ2v) is 12.9. The lowest BCUT2D eigenvalue weighted by Gasteiger charge is -2.25. The molecular weight excluding hydrogens is 578 g/mol. The SMILES string of the molecule is CCCCCC(C)C(Nc1ccc(C(=O)N(C)CCC(=O)O)cc1)c1oc2ccc(NS(=O)(=O)c3ccccc3)cc2c1C. The number of carbonyl (C=O) groups excluding carboxylic acids is 1. The van der Waals surface area contributed by atoms with E-state index < -0.39 is 16.0 Å². The summed E-state index contributed by atoms with van der Waals surface area (Å²) in [7, 11) is -2.15. The van der Waals surface area contributed by atoms with E-state index in [-0.39, 0.29) is 35.7 Å². The number of unbranched alkanes of at least 4 members (excludes halogenated alkanes) is 2. The Morgan fingerprint density at radius 1 is 0.977 bits per heavy atom. The van der Waals surface area contributed by atoms with E-state index in [0.29, 0.717) is 16.8 Å². The lowest BCUT2D eigenvalue weighted by atomic mass is 9.91. The van der Waals surface area contributed by atoms with Gasteiger partial charge in [0.1, 0.15) is 11.3 Å². The van der Waals surface area contributed by atoms with Crippen molar-refractivity contribution in [3.05, 3.63) is 89.7 Å². The van der Waals surface area contributed by atoms with Gasteiger partial charge in [0.25, 0.3) is 15.9 Å². The number of fused-ring (bicyclic) bond motifs is 1. The summed E-state index contributed by atoms with van der Waals surface area (Å²) in [5.41, 5.74) is 3.33. The topological polar surface area (TPSA) is 129 Å². The van der Waals surface area contributed by atoms with E-state index in [1.165, 1.54) is 4.90 Å². The fourth-order valence-corrected chi connectivity index (χ4v) is 6.31. The van der Waals surface area contributed by atoms with Crippen LogP contribution in [0.2, 0.25) is 0 Å². The summed E-state index contributed by atoms with van der Waals surface area (Å²) in [6.07, 6.45) is 4.20. The first-order valence-corrected chi connectivity index (χ1v) is 16.4. The van der Waals surface area contributed by atoms with Crippen molar-refractivity contribution in [2.75, 3.05) is 23.6 Å². The average Bonchev–Trinajstić information content (AvgIpc) is 3.33. The van der Waals surface area contributed by atoms with Crippen LogP contribution in [0.25, 0.3) is 11.0 Å². The molecule has 0 bridgehead atoms. The Morgan fingerprint density at radius 2 is 1.66 bits per heavy atom. The summed E-state index contributed by atoms with van der Waals surface area (Å²) >= 11 is 0. The molecule has 44 heavy (non-hydrogen) atoms. The van der Waals surface area contributed by atoms with Gasteiger partial charge < -0.3 is 19.7 Å². The van der Waals surface area contributed by atoms with Gasteiger partial charge in [-0.3, -0.25) is 14.3 Å². The molecule has 0 fully saturated rings. The third-order valence-electron chi connectivity index (χ3n) is 7.86. The zero-order valence-electron chi connectivity index (χ0n) is 25.7. The number of hydrogen-bond donors (Lipinski definition) is 3. The average molecular weight is 620 g/mol. The molecule has 3 aromatic carbocycles. The Labute approximate surface area is 259 Å². The van der Waals surface area contributed by atoms with Crippen molar-refractivity contribution >= 4 is 44.2 Å². The normalized spacial score (nSPS) is 12.9. The Hall–Kier alpha value is -4.31. The van der Waals surface area contributed by atoms with Crippen molar-refractivity contribution in [3.8, 4) is 0 Å². The minimum absolute atomic E-state index is 0.114. The number of aryl methyl sites for hydroxylation is 1. The maximum Gasteiger partial charge on any atom is 0.305 e. The number of nitrogens with one attached hydrogen (secondary N) is 2. The van der Waals surface area contributed by atoms with E-state index in [1.807, 2.05) is 19.1 Å². The zero-order valence-corrected chi connectivity index (χ0v) is 26.5. The largest absolute Gasteiger partial charge is 0.481 e. The molecule has 0 radical (unpaired) electrons. The number of sulfonamides is 1. The van der Waals surface area contributed by atoms with Gasteiger partial charge in [-0.1, -0.05) is 51.3 Å². The summed E-state index contributed by atoms with van der Waals surface area (Å²) in [5, 5.41) is 13.4. The zero-order chi connectivity index (χ0) is 31.9. The van der Waals surface area contributed by atoms with Gasteiger partial charge in [0.05, 0.1) is 17.4 Å². The van der Waals surface area contributed by atoms with Crippen molar-refractivity contribution in [1.82, 2.24) is 4.90 Å². The van der Waals surface area contributed by atoms with Gasteiger partial charge in [-0.15, -0.1) is 0 Å². The number of benzene rings is 3. The van der Waals surface area contributed by atoms with Crippen LogP contribution in [-0.2, 0) is 14.8 Å². The summed E-state index contributed by atoms with van der Waals surface area (Å²) in [5.74, 6) is -0.205. The van der Waals surface area contributed by atoms with E-state index >= 15 is 0 Å². The summed E-state index contributed by atoms with van der Waals surface area (Å²) in [4.78, 5) is 25.2. The molecule has 0 spiro atoms. The lowest BCUT2D eigenvalue weighted by molar-refractivity contribution is -0.137. The highest BCUT2D eigenvalue weighted by Crippen LogP contribution is 2.38. The van der Waals surface area contributed by atoms with Crippen LogP contribution in [-0.4, -0.2) is 43.9 Å². The third kappa shape index (κ3) is 7.99. The summed E-state index contributed by atoms with van der Waals surface area (Å²) < 4.78 is 35.0. The van der Waals surface area contributed by atoms with Crippen LogP contribution < -0.4 is 10.0 Å². The number of anilines is 2. The number of furan rings is 1. The van der Waals surface area contributed by atoms with E-state index in [1.54, 1.807) is 67.7 Å². The van der Waals surface area contributed by atoms with Crippen LogP contribution in [0.5, 0.6) is 0 Å². The smallest absolute Gasteiger partial charge is 0.305 e. The first kappa shape index (κ1) is 32.6. The Morgan fingerprint density at radius 3 is 2.32 bits per heavy atom. The van der Waals surface area contributed by atoms with Gasteiger partial charge >= 0.3 is 5.97 Å². The van der Waals surface area contributed by atoms with Gasteiger partial charge in [0.2, 0.25) is 0 Å². The number of carbonyl (C=O) groups is 2. The van der Waals surface area contributed by atoms with Crippen molar-refractivity contribution in [3.63, 3.8) is 0 Å². The number of carboxylic acid groups (broad SMARTS) is 1. The molecule has 1 heterocycles. The molecule has 0 saturated carbocycles. The van der Waals surface area contributed by atoms with Gasteiger partial charge in [-0.2, -0.15) is 0 Å². The molecule has 0 aliphatic carbocycles. The van der Waals surface area contributed by atoms with Crippen LogP contribution in [0.15, 0.2) is 82.1 Å². The highest BCUT2D eigenvalue weighted by Gasteiger charge is 2.26. The Bertz CT molecular complexity index is 1680. The van der Waals surface area contributed by atoms with E-state index in [2.05, 4.69) is 23.9 Å². The first-order valence-electron chi connectivity index (χ1n) is 14.9. The highest BCUT2D eigenvalue weighted by molar-refractivity contribution is 7.92. The van der Waals surface area contributed by atoms with E-state index in [0.717, 1.165) is 48.1 Å². The highest BCUT2D eigenvalue weighted by atomic mass is 32.2. The molecule has 0 aliphatic heterocycles. The fraction of sp³-hybridized carbons (Fsp3) is 0.353. The van der Waals surface area contributed by atoms with Crippen molar-refractivity contribution in [2.45, 2.75) is 63.8 Å². The van der Waals surface area contributed by atoms with Crippen LogP contribution >= 0.6 is 0 Å². The molecule has 4 aromatic rings. The van der Waals surface area contributed by atoms with Crippen molar-refractivity contribution in [2.24, 2.45) is 5.92 Å². The summed E-state index contributed by atoms with van der Waals surface area (Å²) in [6.45, 7) is 6.48. The molecule has 234 valence electrons. The molecule has 9 nitrogen and oxygen atoms in total. The van der Waals surface area contributed by atoms with Crippen LogP contribution in [0.4, 0.5) is 11.4 Å². The molecule has 2 unspecified atom stereocenters. The molecule has 0 saturated heterocycles. The number of amides is 1. The van der Waals surface area contributed by atoms with Crippen LogP contribution in [0.3, 0.4) is 0 Å². The first-order chi connectivity index (χ1) is 21.0.